The molecule has 0 aliphatic heterocycles. The van der Waals surface area contributed by atoms with E-state index in [-0.39, 0.29) is 17.4 Å². The first kappa shape index (κ1) is 25.2. The van der Waals surface area contributed by atoms with Crippen molar-refractivity contribution >= 4 is 16.9 Å². The van der Waals surface area contributed by atoms with E-state index in [4.69, 9.17) is 9.47 Å². The molecule has 194 valence electrons. The van der Waals surface area contributed by atoms with Gasteiger partial charge in [-0.1, -0.05) is 36.4 Å². The van der Waals surface area contributed by atoms with Gasteiger partial charge in [0.25, 0.3) is 0 Å². The Kier molecular flexibility index (Phi) is 7.22. The van der Waals surface area contributed by atoms with Gasteiger partial charge in [0.05, 0.1) is 19.3 Å². The second-order valence-electron chi connectivity index (χ2n) is 9.03. The number of H-pyrrole nitrogens is 1. The number of aromatic amines is 1. The summed E-state index contributed by atoms with van der Waals surface area (Å²) in [5.74, 6) is -0.684. The Morgan fingerprint density at radius 2 is 1.84 bits per heavy atom. The third kappa shape index (κ3) is 5.44. The summed E-state index contributed by atoms with van der Waals surface area (Å²) in [6.45, 7) is 4.30. The Hall–Kier alpha value is -4.46. The van der Waals surface area contributed by atoms with Crippen LogP contribution in [0.25, 0.3) is 22.2 Å². The highest BCUT2D eigenvalue weighted by atomic mass is 19.1. The van der Waals surface area contributed by atoms with Gasteiger partial charge in [0.2, 0.25) is 0 Å². The van der Waals surface area contributed by atoms with Gasteiger partial charge < -0.3 is 14.5 Å². The zero-order valence-electron chi connectivity index (χ0n) is 21.1. The Balaban J connectivity index is 1.33. The van der Waals surface area contributed by atoms with Crippen LogP contribution in [0.5, 0.6) is 11.5 Å². The number of ether oxygens (including phenoxy) is 2. The molecule has 0 amide bonds. The fourth-order valence-electron chi connectivity index (χ4n) is 4.50. The molecule has 5 rings (SSSR count). The van der Waals surface area contributed by atoms with E-state index in [2.05, 4.69) is 10.1 Å². The number of nitrogens with one attached hydrogen (secondary N) is 1. The average Bonchev–Trinajstić information content (AvgIpc) is 3.52. The molecule has 2 aromatic heterocycles. The van der Waals surface area contributed by atoms with Gasteiger partial charge in [-0.2, -0.15) is 5.10 Å². The number of fused-ring (bicyclic) bond motifs is 1. The first-order valence-electron chi connectivity index (χ1n) is 12.4. The lowest BCUT2D eigenvalue weighted by molar-refractivity contribution is -0.143. The summed E-state index contributed by atoms with van der Waals surface area (Å²) in [5, 5.41) is 5.32. The molecule has 3 aromatic carbocycles. The van der Waals surface area contributed by atoms with Crippen LogP contribution in [0.4, 0.5) is 8.78 Å². The average molecular weight is 516 g/mol. The molecule has 0 atom stereocenters. The van der Waals surface area contributed by atoms with Crippen LogP contribution in [-0.4, -0.2) is 27.3 Å². The molecule has 0 spiro atoms. The van der Waals surface area contributed by atoms with Crippen LogP contribution < -0.4 is 4.74 Å². The lowest BCUT2D eigenvalue weighted by atomic mass is 10.1. The maximum Gasteiger partial charge on any atom is 0.306 e. The first-order chi connectivity index (χ1) is 18.4. The third-order valence-electron chi connectivity index (χ3n) is 6.32. The summed E-state index contributed by atoms with van der Waals surface area (Å²) < 4.78 is 42.1. The summed E-state index contributed by atoms with van der Waals surface area (Å²) in [6, 6.07) is 17.8. The topological polar surface area (TPSA) is 69.1 Å². The molecule has 0 aliphatic carbocycles. The van der Waals surface area contributed by atoms with E-state index in [0.717, 1.165) is 16.5 Å². The highest BCUT2D eigenvalue weighted by molar-refractivity contribution is 5.85. The minimum Gasteiger partial charge on any atom is -0.466 e. The van der Waals surface area contributed by atoms with Crippen LogP contribution in [-0.2, 0) is 22.5 Å². The van der Waals surface area contributed by atoms with Crippen molar-refractivity contribution in [1.82, 2.24) is 14.8 Å². The van der Waals surface area contributed by atoms with Crippen LogP contribution >= 0.6 is 0 Å². The summed E-state index contributed by atoms with van der Waals surface area (Å²) in [6.07, 6.45) is 3.96. The number of carbonyl (C=O) groups is 1. The molecule has 0 saturated heterocycles. The monoisotopic (exact) mass is 515 g/mol. The van der Waals surface area contributed by atoms with Crippen molar-refractivity contribution in [2.45, 2.75) is 33.2 Å². The highest BCUT2D eigenvalue weighted by Gasteiger charge is 2.16. The number of esters is 1. The predicted octanol–water partition coefficient (Wildman–Crippen LogP) is 6.95. The number of hydrogen-bond acceptors (Lipinski definition) is 4. The maximum atomic E-state index is 14.9. The maximum absolute atomic E-state index is 14.9. The second kappa shape index (κ2) is 10.9. The SMILES string of the molecule is CCOC(=O)CCc1cccc(Cn2cc(F)c(-c3cccc(Oc4c(F)cc5[nH]ccc5c4C)c3)n2)c1. The number of halogens is 2. The summed E-state index contributed by atoms with van der Waals surface area (Å²) >= 11 is 0. The van der Waals surface area contributed by atoms with E-state index in [1.54, 1.807) is 44.3 Å². The minimum absolute atomic E-state index is 0.128. The quantitative estimate of drug-likeness (QED) is 0.216. The summed E-state index contributed by atoms with van der Waals surface area (Å²) in [7, 11) is 0. The summed E-state index contributed by atoms with van der Waals surface area (Å²) in [5.41, 5.74) is 3.98. The van der Waals surface area contributed by atoms with Gasteiger partial charge in [-0.15, -0.1) is 0 Å². The molecular weight excluding hydrogens is 488 g/mol. The van der Waals surface area contributed by atoms with Gasteiger partial charge >= 0.3 is 5.97 Å². The number of carbonyl (C=O) groups excluding carboxylic acids is 1. The highest BCUT2D eigenvalue weighted by Crippen LogP contribution is 2.35. The molecule has 0 bridgehead atoms. The van der Waals surface area contributed by atoms with E-state index in [9.17, 15) is 13.6 Å². The van der Waals surface area contributed by atoms with Gasteiger partial charge in [0.15, 0.2) is 17.4 Å². The Morgan fingerprint density at radius 3 is 2.68 bits per heavy atom. The van der Waals surface area contributed by atoms with Gasteiger partial charge in [-0.25, -0.2) is 8.78 Å². The van der Waals surface area contributed by atoms with Crippen LogP contribution in [0.2, 0.25) is 0 Å². The lowest BCUT2D eigenvalue weighted by Crippen LogP contribution is -2.06. The van der Waals surface area contributed by atoms with Crippen molar-refractivity contribution < 1.29 is 23.0 Å². The fraction of sp³-hybridized carbons (Fsp3) is 0.200. The zero-order chi connectivity index (χ0) is 26.6. The van der Waals surface area contributed by atoms with E-state index >= 15 is 0 Å². The van der Waals surface area contributed by atoms with E-state index < -0.39 is 11.6 Å². The molecule has 0 fully saturated rings. The Bertz CT molecular complexity index is 1610. The summed E-state index contributed by atoms with van der Waals surface area (Å²) in [4.78, 5) is 14.7. The zero-order valence-corrected chi connectivity index (χ0v) is 21.1. The number of aryl methyl sites for hydroxylation is 2. The molecule has 6 nitrogen and oxygen atoms in total. The third-order valence-corrected chi connectivity index (χ3v) is 6.32. The van der Waals surface area contributed by atoms with Crippen molar-refractivity contribution in [2.75, 3.05) is 6.61 Å². The van der Waals surface area contributed by atoms with E-state index in [0.29, 0.717) is 48.4 Å². The van der Waals surface area contributed by atoms with Gasteiger partial charge in [0, 0.05) is 40.7 Å². The molecular formula is C30H27F2N3O3. The van der Waals surface area contributed by atoms with Gasteiger partial charge in [0.1, 0.15) is 11.4 Å². The normalized spacial score (nSPS) is 11.2. The molecule has 8 heteroatoms. The molecule has 5 aromatic rings. The standard InChI is InChI=1S/C30H27F2N3O3/c1-3-37-28(36)11-10-20-6-4-7-21(14-20)17-35-18-26(32)29(34-35)22-8-5-9-23(15-22)38-30-19(2)24-12-13-33-27(24)16-25(30)31/h4-9,12-16,18,33H,3,10-11,17H2,1-2H3. The lowest BCUT2D eigenvalue weighted by Gasteiger charge is -2.11. The molecule has 2 heterocycles. The molecule has 0 radical (unpaired) electrons. The van der Waals surface area contributed by atoms with Crippen LogP contribution in [0.3, 0.4) is 0 Å². The number of hydrogen-bond donors (Lipinski definition) is 1. The molecule has 38 heavy (non-hydrogen) atoms. The van der Waals surface area contributed by atoms with Crippen molar-refractivity contribution in [3.8, 4) is 22.8 Å². The van der Waals surface area contributed by atoms with Crippen molar-refractivity contribution in [3.05, 3.63) is 101 Å². The van der Waals surface area contributed by atoms with Crippen LogP contribution in [0.1, 0.15) is 30.0 Å². The fourth-order valence-corrected chi connectivity index (χ4v) is 4.50. The Labute approximate surface area is 218 Å². The molecule has 0 unspecified atom stereocenters. The largest absolute Gasteiger partial charge is 0.466 e. The van der Waals surface area contributed by atoms with Crippen molar-refractivity contribution in [2.24, 2.45) is 0 Å². The predicted molar refractivity (Wildman–Crippen MR) is 141 cm³/mol. The van der Waals surface area contributed by atoms with Crippen molar-refractivity contribution in [1.29, 1.82) is 0 Å². The minimum atomic E-state index is -0.484. The number of rotatable bonds is 9. The van der Waals surface area contributed by atoms with Crippen LogP contribution in [0, 0.1) is 18.6 Å². The van der Waals surface area contributed by atoms with Gasteiger partial charge in [-0.3, -0.25) is 9.48 Å². The van der Waals surface area contributed by atoms with Crippen molar-refractivity contribution in [3.63, 3.8) is 0 Å². The number of benzene rings is 3. The smallest absolute Gasteiger partial charge is 0.306 e. The van der Waals surface area contributed by atoms with Gasteiger partial charge in [-0.05, 0) is 49.6 Å². The van der Waals surface area contributed by atoms with Crippen LogP contribution in [0.15, 0.2) is 73.1 Å². The molecule has 0 aliphatic rings. The van der Waals surface area contributed by atoms with E-state index in [1.165, 1.54) is 16.9 Å². The second-order valence-corrected chi connectivity index (χ2v) is 9.03. The van der Waals surface area contributed by atoms with E-state index in [1.807, 2.05) is 30.3 Å². The first-order valence-corrected chi connectivity index (χ1v) is 12.4. The number of nitrogens with zero attached hydrogens (tertiary/aromatic N) is 2. The molecule has 0 saturated carbocycles. The molecule has 1 N–H and O–H groups in total. The Morgan fingerprint density at radius 1 is 1.03 bits per heavy atom. The number of aromatic nitrogens is 3.